The fraction of sp³-hybridized carbons (Fsp3) is 0.375. The van der Waals surface area contributed by atoms with Gasteiger partial charge in [-0.3, -0.25) is 0 Å². The number of aryl methyl sites for hydroxylation is 1. The fourth-order valence-corrected chi connectivity index (χ4v) is 2.75. The minimum atomic E-state index is 0.0824. The Hall–Kier alpha value is -2.14. The first kappa shape index (κ1) is 13.8. The normalized spacial score (nSPS) is 15.3. The summed E-state index contributed by atoms with van der Waals surface area (Å²) < 4.78 is 0. The Balaban J connectivity index is 1.71. The van der Waals surface area contributed by atoms with E-state index in [2.05, 4.69) is 38.0 Å². The van der Waals surface area contributed by atoms with E-state index in [0.29, 0.717) is 0 Å². The summed E-state index contributed by atoms with van der Waals surface area (Å²) in [6.07, 6.45) is 3.55. The largest absolute Gasteiger partial charge is 0.392 e. The van der Waals surface area contributed by atoms with Crippen LogP contribution in [0.15, 0.2) is 36.7 Å². The molecule has 1 fully saturated rings. The zero-order chi connectivity index (χ0) is 14.7. The van der Waals surface area contributed by atoms with Gasteiger partial charge in [-0.1, -0.05) is 17.7 Å². The van der Waals surface area contributed by atoms with E-state index in [1.807, 2.05) is 13.0 Å². The maximum atomic E-state index is 9.55. The standard InChI is InChI=1S/C16H20N4O/c1-13-3-4-15(14(11-13)12-21)19-7-9-20(10-8-19)16-17-5-2-6-18-16/h2-6,11,21H,7-10,12H2,1H3. The van der Waals surface area contributed by atoms with Crippen LogP contribution in [0.4, 0.5) is 11.6 Å². The third-order valence-electron chi connectivity index (χ3n) is 3.86. The molecule has 0 unspecified atom stereocenters. The van der Waals surface area contributed by atoms with Gasteiger partial charge in [-0.05, 0) is 19.1 Å². The first-order valence-corrected chi connectivity index (χ1v) is 7.25. The van der Waals surface area contributed by atoms with Crippen LogP contribution in [0.3, 0.4) is 0 Å². The van der Waals surface area contributed by atoms with E-state index in [1.165, 1.54) is 5.56 Å². The molecule has 2 heterocycles. The number of piperazine rings is 1. The van der Waals surface area contributed by atoms with Crippen molar-refractivity contribution in [3.8, 4) is 0 Å². The van der Waals surface area contributed by atoms with Gasteiger partial charge < -0.3 is 14.9 Å². The quantitative estimate of drug-likeness (QED) is 0.928. The Morgan fingerprint density at radius 2 is 1.71 bits per heavy atom. The van der Waals surface area contributed by atoms with Crippen molar-refractivity contribution in [3.63, 3.8) is 0 Å². The third kappa shape index (κ3) is 2.97. The average molecular weight is 284 g/mol. The lowest BCUT2D eigenvalue weighted by Gasteiger charge is -2.36. The zero-order valence-corrected chi connectivity index (χ0v) is 12.2. The molecule has 1 saturated heterocycles. The summed E-state index contributed by atoms with van der Waals surface area (Å²) in [5.41, 5.74) is 3.32. The van der Waals surface area contributed by atoms with E-state index in [4.69, 9.17) is 0 Å². The van der Waals surface area contributed by atoms with Gasteiger partial charge in [-0.25, -0.2) is 9.97 Å². The van der Waals surface area contributed by atoms with Crippen molar-refractivity contribution in [2.75, 3.05) is 36.0 Å². The van der Waals surface area contributed by atoms with Crippen molar-refractivity contribution in [3.05, 3.63) is 47.8 Å². The molecule has 3 rings (SSSR count). The second-order valence-corrected chi connectivity index (χ2v) is 5.31. The predicted molar refractivity (Wildman–Crippen MR) is 83.6 cm³/mol. The SMILES string of the molecule is Cc1ccc(N2CCN(c3ncccn3)CC2)c(CO)c1. The molecule has 1 aliphatic heterocycles. The molecule has 1 aromatic heterocycles. The molecule has 5 nitrogen and oxygen atoms in total. The lowest BCUT2D eigenvalue weighted by atomic mass is 10.1. The monoisotopic (exact) mass is 284 g/mol. The smallest absolute Gasteiger partial charge is 0.225 e. The Labute approximate surface area is 124 Å². The second kappa shape index (κ2) is 6.10. The molecule has 21 heavy (non-hydrogen) atoms. The lowest BCUT2D eigenvalue weighted by molar-refractivity contribution is 0.282. The van der Waals surface area contributed by atoms with Gasteiger partial charge in [-0.2, -0.15) is 0 Å². The van der Waals surface area contributed by atoms with E-state index < -0.39 is 0 Å². The number of rotatable bonds is 3. The van der Waals surface area contributed by atoms with Gasteiger partial charge in [0.05, 0.1) is 6.61 Å². The summed E-state index contributed by atoms with van der Waals surface area (Å²) in [5.74, 6) is 0.795. The summed E-state index contributed by atoms with van der Waals surface area (Å²) >= 11 is 0. The van der Waals surface area contributed by atoms with E-state index >= 15 is 0 Å². The maximum absolute atomic E-state index is 9.55. The number of aromatic nitrogens is 2. The van der Waals surface area contributed by atoms with Crippen LogP contribution in [0.1, 0.15) is 11.1 Å². The molecule has 5 heteroatoms. The molecule has 0 spiro atoms. The van der Waals surface area contributed by atoms with Crippen LogP contribution >= 0.6 is 0 Å². The van der Waals surface area contributed by atoms with Crippen molar-refractivity contribution in [2.45, 2.75) is 13.5 Å². The highest BCUT2D eigenvalue weighted by atomic mass is 16.3. The summed E-state index contributed by atoms with van der Waals surface area (Å²) in [6, 6.07) is 8.10. The van der Waals surface area contributed by atoms with Gasteiger partial charge in [0.25, 0.3) is 0 Å². The Kier molecular flexibility index (Phi) is 4.01. The van der Waals surface area contributed by atoms with E-state index in [9.17, 15) is 5.11 Å². The molecule has 1 aromatic carbocycles. The predicted octanol–water partition coefficient (Wildman–Crippen LogP) is 1.60. The molecular weight excluding hydrogens is 264 g/mol. The average Bonchev–Trinajstić information content (AvgIpc) is 2.56. The van der Waals surface area contributed by atoms with Gasteiger partial charge in [0.2, 0.25) is 5.95 Å². The molecule has 0 saturated carbocycles. The van der Waals surface area contributed by atoms with E-state index in [0.717, 1.165) is 43.4 Å². The van der Waals surface area contributed by atoms with Crippen LogP contribution in [0.5, 0.6) is 0 Å². The number of hydrogen-bond donors (Lipinski definition) is 1. The lowest BCUT2D eigenvalue weighted by Crippen LogP contribution is -2.47. The molecule has 1 aliphatic rings. The molecule has 0 bridgehead atoms. The van der Waals surface area contributed by atoms with Crippen molar-refractivity contribution < 1.29 is 5.11 Å². The second-order valence-electron chi connectivity index (χ2n) is 5.31. The molecule has 0 amide bonds. The van der Waals surface area contributed by atoms with Crippen molar-refractivity contribution >= 4 is 11.6 Å². The third-order valence-corrected chi connectivity index (χ3v) is 3.86. The van der Waals surface area contributed by atoms with Gasteiger partial charge in [0, 0.05) is 49.8 Å². The first-order valence-electron chi connectivity index (χ1n) is 7.25. The van der Waals surface area contributed by atoms with Crippen LogP contribution < -0.4 is 9.80 Å². The molecule has 0 aliphatic carbocycles. The highest BCUT2D eigenvalue weighted by Gasteiger charge is 2.20. The van der Waals surface area contributed by atoms with Crippen LogP contribution in [-0.4, -0.2) is 41.3 Å². The van der Waals surface area contributed by atoms with E-state index in [1.54, 1.807) is 12.4 Å². The van der Waals surface area contributed by atoms with Gasteiger partial charge >= 0.3 is 0 Å². The number of benzene rings is 1. The number of aliphatic hydroxyl groups is 1. The van der Waals surface area contributed by atoms with Crippen molar-refractivity contribution in [1.82, 2.24) is 9.97 Å². The van der Waals surface area contributed by atoms with Crippen molar-refractivity contribution in [2.24, 2.45) is 0 Å². The van der Waals surface area contributed by atoms with Crippen LogP contribution in [-0.2, 0) is 6.61 Å². The minimum Gasteiger partial charge on any atom is -0.392 e. The number of aliphatic hydroxyl groups excluding tert-OH is 1. The molecular formula is C16H20N4O. The minimum absolute atomic E-state index is 0.0824. The number of nitrogens with zero attached hydrogens (tertiary/aromatic N) is 4. The van der Waals surface area contributed by atoms with Gasteiger partial charge in [0.15, 0.2) is 0 Å². The number of anilines is 2. The van der Waals surface area contributed by atoms with Crippen LogP contribution in [0.25, 0.3) is 0 Å². The molecule has 0 radical (unpaired) electrons. The Morgan fingerprint density at radius 3 is 2.38 bits per heavy atom. The summed E-state index contributed by atoms with van der Waals surface area (Å²) in [4.78, 5) is 13.1. The van der Waals surface area contributed by atoms with Crippen LogP contribution in [0.2, 0.25) is 0 Å². The fourth-order valence-electron chi connectivity index (χ4n) is 2.75. The highest BCUT2D eigenvalue weighted by Crippen LogP contribution is 2.24. The van der Waals surface area contributed by atoms with Gasteiger partial charge in [-0.15, -0.1) is 0 Å². The molecule has 2 aromatic rings. The highest BCUT2D eigenvalue weighted by molar-refractivity contribution is 5.56. The summed E-state index contributed by atoms with van der Waals surface area (Å²) in [7, 11) is 0. The molecule has 110 valence electrons. The summed E-state index contributed by atoms with van der Waals surface area (Å²) in [5, 5.41) is 9.55. The Bertz CT molecular complexity index is 594. The zero-order valence-electron chi connectivity index (χ0n) is 12.2. The Morgan fingerprint density at radius 1 is 1.05 bits per heavy atom. The van der Waals surface area contributed by atoms with E-state index in [-0.39, 0.29) is 6.61 Å². The topological polar surface area (TPSA) is 52.5 Å². The molecule has 1 N–H and O–H groups in total. The maximum Gasteiger partial charge on any atom is 0.225 e. The molecule has 0 atom stereocenters. The number of hydrogen-bond acceptors (Lipinski definition) is 5. The first-order chi connectivity index (χ1) is 10.3. The summed E-state index contributed by atoms with van der Waals surface area (Å²) in [6.45, 7) is 5.74. The van der Waals surface area contributed by atoms with Gasteiger partial charge in [0.1, 0.15) is 0 Å². The van der Waals surface area contributed by atoms with Crippen LogP contribution in [0, 0.1) is 6.92 Å². The van der Waals surface area contributed by atoms with Crippen molar-refractivity contribution in [1.29, 1.82) is 0 Å².